The number of carboxylic acid groups (broad SMARTS) is 1. The summed E-state index contributed by atoms with van der Waals surface area (Å²) in [6.45, 7) is 5.11. The number of benzene rings is 2. The second-order valence-electron chi connectivity index (χ2n) is 10.3. The number of H-pyrrole nitrogens is 1. The third kappa shape index (κ3) is 4.82. The van der Waals surface area contributed by atoms with Gasteiger partial charge in [-0.25, -0.2) is 4.79 Å². The summed E-state index contributed by atoms with van der Waals surface area (Å²) in [5, 5.41) is 9.29. The monoisotopic (exact) mass is 485 g/mol. The topological polar surface area (TPSA) is 76.6 Å². The Balaban J connectivity index is 1.32. The van der Waals surface area contributed by atoms with Crippen molar-refractivity contribution in [1.29, 1.82) is 0 Å². The second-order valence-corrected chi connectivity index (χ2v) is 10.3. The first-order valence-corrected chi connectivity index (χ1v) is 13.0. The minimum atomic E-state index is -1.20. The molecule has 1 aliphatic carbocycles. The molecule has 2 aliphatic rings. The first-order chi connectivity index (χ1) is 17.4. The van der Waals surface area contributed by atoms with Gasteiger partial charge in [-0.2, -0.15) is 0 Å². The van der Waals surface area contributed by atoms with E-state index in [0.717, 1.165) is 30.8 Å². The Morgan fingerprint density at radius 1 is 1.08 bits per heavy atom. The maximum Gasteiger partial charge on any atom is 0.341 e. The van der Waals surface area contributed by atoms with Gasteiger partial charge in [-0.1, -0.05) is 55.8 Å². The van der Waals surface area contributed by atoms with Gasteiger partial charge in [0.25, 0.3) is 5.56 Å². The Kier molecular flexibility index (Phi) is 6.97. The van der Waals surface area contributed by atoms with Crippen LogP contribution in [0.25, 0.3) is 11.3 Å². The third-order valence-electron chi connectivity index (χ3n) is 8.16. The predicted octanol–water partition coefficient (Wildman–Crippen LogP) is 5.04. The quantitative estimate of drug-likeness (QED) is 0.490. The highest BCUT2D eigenvalue weighted by Crippen LogP contribution is 2.40. The van der Waals surface area contributed by atoms with E-state index < -0.39 is 11.5 Å². The lowest BCUT2D eigenvalue weighted by molar-refractivity contribution is 0.0695. The second kappa shape index (κ2) is 10.3. The zero-order chi connectivity index (χ0) is 25.2. The van der Waals surface area contributed by atoms with Crippen molar-refractivity contribution >= 4 is 11.7 Å². The lowest BCUT2D eigenvalue weighted by Gasteiger charge is -2.39. The average molecular weight is 486 g/mol. The Morgan fingerprint density at radius 3 is 2.53 bits per heavy atom. The van der Waals surface area contributed by atoms with Gasteiger partial charge in [0.15, 0.2) is 0 Å². The summed E-state index contributed by atoms with van der Waals surface area (Å²) < 4.78 is 0. The van der Waals surface area contributed by atoms with Crippen LogP contribution in [0.5, 0.6) is 0 Å². The van der Waals surface area contributed by atoms with Crippen LogP contribution in [0.4, 0.5) is 5.69 Å². The van der Waals surface area contributed by atoms with Crippen LogP contribution in [0.3, 0.4) is 0 Å². The van der Waals surface area contributed by atoms with Gasteiger partial charge in [-0.05, 0) is 73.0 Å². The SMILES string of the molecule is CCc1cc(C(=O)O)c(=O)[nH]c1-c1ccc(N2C[C@H]3CCC[C@@H](N(C)Cc4ccccc4)[C@H]3C2)cc1. The molecule has 0 bridgehead atoms. The summed E-state index contributed by atoms with van der Waals surface area (Å²) in [4.78, 5) is 31.5. The van der Waals surface area contributed by atoms with Crippen molar-refractivity contribution in [2.24, 2.45) is 11.8 Å². The van der Waals surface area contributed by atoms with Crippen molar-refractivity contribution in [3.8, 4) is 11.3 Å². The molecule has 2 aromatic carbocycles. The molecular formula is C30H35N3O3. The van der Waals surface area contributed by atoms with E-state index in [1.54, 1.807) is 0 Å². The molecule has 0 spiro atoms. The molecule has 0 amide bonds. The summed E-state index contributed by atoms with van der Waals surface area (Å²) in [5.41, 5.74) is 4.25. The first-order valence-electron chi connectivity index (χ1n) is 13.0. The highest BCUT2D eigenvalue weighted by Gasteiger charge is 2.41. The van der Waals surface area contributed by atoms with E-state index in [0.29, 0.717) is 30.0 Å². The highest BCUT2D eigenvalue weighted by atomic mass is 16.4. The minimum Gasteiger partial charge on any atom is -0.477 e. The number of carbonyl (C=O) groups is 1. The number of carboxylic acids is 1. The van der Waals surface area contributed by atoms with Crippen molar-refractivity contribution in [3.63, 3.8) is 0 Å². The number of pyridine rings is 1. The zero-order valence-electron chi connectivity index (χ0n) is 21.1. The molecule has 6 heteroatoms. The number of aromatic nitrogens is 1. The van der Waals surface area contributed by atoms with Crippen LogP contribution in [-0.2, 0) is 13.0 Å². The highest BCUT2D eigenvalue weighted by molar-refractivity contribution is 5.88. The molecule has 36 heavy (non-hydrogen) atoms. The third-order valence-corrected chi connectivity index (χ3v) is 8.16. The number of fused-ring (bicyclic) bond motifs is 1. The standard InChI is InChI=1S/C30H35N3O3/c1-3-21-16-25(30(35)36)29(34)31-28(21)22-12-14-24(15-13-22)33-18-23-10-7-11-27(26(23)19-33)32(2)17-20-8-5-4-6-9-20/h4-6,8-9,12-16,23,26-27H,3,7,10-11,17-19H2,1-2H3,(H,31,34)(H,35,36)/t23-,26+,27-/m1/s1. The number of rotatable bonds is 7. The van der Waals surface area contributed by atoms with E-state index in [1.165, 1.54) is 36.6 Å². The fourth-order valence-electron chi connectivity index (χ4n) is 6.30. The molecule has 3 atom stereocenters. The number of hydrogen-bond donors (Lipinski definition) is 2. The van der Waals surface area contributed by atoms with Gasteiger partial charge in [0, 0.05) is 31.4 Å². The van der Waals surface area contributed by atoms with Gasteiger partial charge in [0.1, 0.15) is 5.56 Å². The Labute approximate surface area is 212 Å². The lowest BCUT2D eigenvalue weighted by Crippen LogP contribution is -2.43. The van der Waals surface area contributed by atoms with Crippen molar-refractivity contribution in [1.82, 2.24) is 9.88 Å². The lowest BCUT2D eigenvalue weighted by atomic mass is 9.77. The smallest absolute Gasteiger partial charge is 0.341 e. The summed E-state index contributed by atoms with van der Waals surface area (Å²) in [5.74, 6) is 0.183. The maximum atomic E-state index is 12.3. The van der Waals surface area contributed by atoms with E-state index >= 15 is 0 Å². The number of anilines is 1. The summed E-state index contributed by atoms with van der Waals surface area (Å²) in [7, 11) is 2.28. The molecule has 5 rings (SSSR count). The average Bonchev–Trinajstić information content (AvgIpc) is 3.33. The van der Waals surface area contributed by atoms with Crippen LogP contribution in [0.1, 0.15) is 47.7 Å². The molecule has 0 unspecified atom stereocenters. The van der Waals surface area contributed by atoms with E-state index in [-0.39, 0.29) is 5.56 Å². The van der Waals surface area contributed by atoms with E-state index in [9.17, 15) is 14.7 Å². The molecule has 0 radical (unpaired) electrons. The summed E-state index contributed by atoms with van der Waals surface area (Å²) in [6, 6.07) is 21.2. The molecule has 1 aliphatic heterocycles. The molecule has 3 aromatic rings. The normalized spacial score (nSPS) is 21.5. The van der Waals surface area contributed by atoms with Gasteiger partial charge < -0.3 is 15.0 Å². The number of aromatic carboxylic acids is 1. The fourth-order valence-corrected chi connectivity index (χ4v) is 6.30. The number of nitrogens with one attached hydrogen (secondary N) is 1. The molecule has 2 fully saturated rings. The van der Waals surface area contributed by atoms with E-state index in [1.807, 2.05) is 19.1 Å². The fraction of sp³-hybridized carbons (Fsp3) is 0.400. The van der Waals surface area contributed by atoms with Crippen molar-refractivity contribution in [2.75, 3.05) is 25.0 Å². The molecular weight excluding hydrogens is 450 g/mol. The van der Waals surface area contributed by atoms with Gasteiger partial charge >= 0.3 is 5.97 Å². The van der Waals surface area contributed by atoms with Crippen LogP contribution in [0.15, 0.2) is 65.5 Å². The largest absolute Gasteiger partial charge is 0.477 e. The van der Waals surface area contributed by atoms with E-state index in [2.05, 4.69) is 64.3 Å². The Morgan fingerprint density at radius 2 is 1.83 bits per heavy atom. The van der Waals surface area contributed by atoms with Crippen molar-refractivity contribution in [3.05, 3.63) is 87.7 Å². The Bertz CT molecular complexity index is 1270. The zero-order valence-corrected chi connectivity index (χ0v) is 21.1. The first kappa shape index (κ1) is 24.3. The summed E-state index contributed by atoms with van der Waals surface area (Å²) in [6.07, 6.45) is 4.49. The molecule has 1 aromatic heterocycles. The van der Waals surface area contributed by atoms with Gasteiger partial charge in [-0.15, -0.1) is 0 Å². The van der Waals surface area contributed by atoms with Gasteiger partial charge in [0.05, 0.1) is 5.69 Å². The number of aromatic amines is 1. The molecule has 1 saturated carbocycles. The van der Waals surface area contributed by atoms with Crippen molar-refractivity contribution < 1.29 is 9.90 Å². The van der Waals surface area contributed by atoms with Gasteiger partial charge in [0.2, 0.25) is 0 Å². The Hall–Kier alpha value is -3.38. The number of aryl methyl sites for hydroxylation is 1. The molecule has 6 nitrogen and oxygen atoms in total. The van der Waals surface area contributed by atoms with Gasteiger partial charge in [-0.3, -0.25) is 9.69 Å². The van der Waals surface area contributed by atoms with Crippen LogP contribution in [0, 0.1) is 11.8 Å². The predicted molar refractivity (Wildman–Crippen MR) is 144 cm³/mol. The van der Waals surface area contributed by atoms with E-state index in [4.69, 9.17) is 0 Å². The number of hydrogen-bond acceptors (Lipinski definition) is 4. The number of nitrogens with zero attached hydrogens (tertiary/aromatic N) is 2. The summed E-state index contributed by atoms with van der Waals surface area (Å²) >= 11 is 0. The molecule has 188 valence electrons. The van der Waals surface area contributed by atoms with Crippen LogP contribution in [0.2, 0.25) is 0 Å². The molecule has 2 N–H and O–H groups in total. The van der Waals surface area contributed by atoms with Crippen LogP contribution >= 0.6 is 0 Å². The maximum absolute atomic E-state index is 12.3. The van der Waals surface area contributed by atoms with Crippen LogP contribution < -0.4 is 10.5 Å². The molecule has 2 heterocycles. The molecule has 1 saturated heterocycles. The van der Waals surface area contributed by atoms with Crippen molar-refractivity contribution in [2.45, 2.75) is 45.2 Å². The van der Waals surface area contributed by atoms with Crippen LogP contribution in [-0.4, -0.2) is 47.1 Å². The minimum absolute atomic E-state index is 0.210.